The maximum atomic E-state index is 12.6. The summed E-state index contributed by atoms with van der Waals surface area (Å²) in [6.07, 6.45) is 1.39. The minimum atomic E-state index is 0.0207. The van der Waals surface area contributed by atoms with Crippen LogP contribution < -0.4 is 5.73 Å². The van der Waals surface area contributed by atoms with E-state index in [1.165, 1.54) is 0 Å². The van der Waals surface area contributed by atoms with Crippen LogP contribution >= 0.6 is 0 Å². The zero-order chi connectivity index (χ0) is 20.8. The second kappa shape index (κ2) is 9.37. The zero-order valence-electron chi connectivity index (χ0n) is 16.7. The average Bonchev–Trinajstić information content (AvgIpc) is 3.26. The topological polar surface area (TPSA) is 94.0 Å². The van der Waals surface area contributed by atoms with Gasteiger partial charge in [0.1, 0.15) is 5.76 Å². The number of ketones is 1. The maximum absolute atomic E-state index is 12.6. The van der Waals surface area contributed by atoms with E-state index in [1.807, 2.05) is 59.5 Å². The molecule has 2 heterocycles. The highest BCUT2D eigenvalue weighted by Crippen LogP contribution is 2.17. The highest BCUT2D eigenvalue weighted by Gasteiger charge is 2.14. The van der Waals surface area contributed by atoms with Crippen molar-refractivity contribution in [1.29, 1.82) is 0 Å². The third-order valence-electron chi connectivity index (χ3n) is 5.00. The summed E-state index contributed by atoms with van der Waals surface area (Å²) in [5, 5.41) is 3.99. The van der Waals surface area contributed by atoms with Gasteiger partial charge in [0.05, 0.1) is 13.2 Å². The van der Waals surface area contributed by atoms with Crippen LogP contribution in [0.3, 0.4) is 0 Å². The SMILES string of the molecule is NC(=Nc1cc(CCc2cccc(C(=O)c3ccccc3)c2)on1)N1CCOCC1. The van der Waals surface area contributed by atoms with Crippen molar-refractivity contribution in [3.8, 4) is 0 Å². The van der Waals surface area contributed by atoms with Crippen molar-refractivity contribution < 1.29 is 14.1 Å². The number of nitrogens with two attached hydrogens (primary N) is 1. The Labute approximate surface area is 175 Å². The first-order valence-electron chi connectivity index (χ1n) is 10.0. The number of hydrogen-bond donors (Lipinski definition) is 1. The molecule has 0 bridgehead atoms. The second-order valence-corrected chi connectivity index (χ2v) is 7.12. The molecule has 0 atom stereocenters. The number of aryl methyl sites for hydroxylation is 2. The van der Waals surface area contributed by atoms with Crippen LogP contribution in [0.2, 0.25) is 0 Å². The van der Waals surface area contributed by atoms with Crippen molar-refractivity contribution in [2.75, 3.05) is 26.3 Å². The maximum Gasteiger partial charge on any atom is 0.198 e. The quantitative estimate of drug-likeness (QED) is 0.386. The summed E-state index contributed by atoms with van der Waals surface area (Å²) < 4.78 is 10.7. The van der Waals surface area contributed by atoms with Crippen LogP contribution in [0, 0.1) is 0 Å². The molecule has 0 radical (unpaired) electrons. The Bertz CT molecular complexity index is 1020. The number of benzene rings is 2. The van der Waals surface area contributed by atoms with Gasteiger partial charge in [-0.2, -0.15) is 4.99 Å². The molecule has 1 aliphatic heterocycles. The second-order valence-electron chi connectivity index (χ2n) is 7.12. The first-order valence-corrected chi connectivity index (χ1v) is 10.0. The minimum absolute atomic E-state index is 0.0207. The lowest BCUT2D eigenvalue weighted by Crippen LogP contribution is -2.44. The summed E-state index contributed by atoms with van der Waals surface area (Å²) in [5.41, 5.74) is 8.48. The number of ether oxygens (including phenoxy) is 1. The van der Waals surface area contributed by atoms with E-state index in [4.69, 9.17) is 15.0 Å². The zero-order valence-corrected chi connectivity index (χ0v) is 16.7. The highest BCUT2D eigenvalue weighted by atomic mass is 16.5. The fraction of sp³-hybridized carbons (Fsp3) is 0.261. The van der Waals surface area contributed by atoms with Crippen LogP contribution in [0.15, 0.2) is 70.2 Å². The van der Waals surface area contributed by atoms with Crippen LogP contribution in [0.5, 0.6) is 0 Å². The van der Waals surface area contributed by atoms with Gasteiger partial charge in [-0.25, -0.2) is 0 Å². The summed E-state index contributed by atoms with van der Waals surface area (Å²) in [4.78, 5) is 19.0. The number of carbonyl (C=O) groups excluding carboxylic acids is 1. The Morgan fingerprint density at radius 1 is 1.00 bits per heavy atom. The molecule has 7 heteroatoms. The van der Waals surface area contributed by atoms with Gasteiger partial charge >= 0.3 is 0 Å². The minimum Gasteiger partial charge on any atom is -0.378 e. The predicted octanol–water partition coefficient (Wildman–Crippen LogP) is 2.97. The fourth-order valence-corrected chi connectivity index (χ4v) is 3.34. The van der Waals surface area contributed by atoms with Crippen LogP contribution in [-0.2, 0) is 17.6 Å². The third kappa shape index (κ3) is 4.93. The van der Waals surface area contributed by atoms with Gasteiger partial charge in [-0.1, -0.05) is 53.7 Å². The largest absolute Gasteiger partial charge is 0.378 e. The summed E-state index contributed by atoms with van der Waals surface area (Å²) in [6, 6.07) is 18.8. The number of guanidine groups is 1. The summed E-state index contributed by atoms with van der Waals surface area (Å²) in [6.45, 7) is 2.73. The third-order valence-corrected chi connectivity index (χ3v) is 5.00. The molecule has 4 rings (SSSR count). The van der Waals surface area contributed by atoms with E-state index >= 15 is 0 Å². The first kappa shape index (κ1) is 19.8. The fourth-order valence-electron chi connectivity index (χ4n) is 3.34. The molecule has 0 aliphatic carbocycles. The van der Waals surface area contributed by atoms with Crippen molar-refractivity contribution >= 4 is 17.6 Å². The molecule has 0 saturated carbocycles. The normalized spacial score (nSPS) is 14.7. The lowest BCUT2D eigenvalue weighted by Gasteiger charge is -2.27. The first-order chi connectivity index (χ1) is 14.7. The Balaban J connectivity index is 1.38. The lowest BCUT2D eigenvalue weighted by atomic mass is 9.99. The molecular weight excluding hydrogens is 380 g/mol. The van der Waals surface area contributed by atoms with Gasteiger partial charge < -0.3 is 19.9 Å². The van der Waals surface area contributed by atoms with Crippen molar-refractivity contribution in [1.82, 2.24) is 10.1 Å². The van der Waals surface area contributed by atoms with E-state index in [2.05, 4.69) is 10.1 Å². The number of rotatable bonds is 6. The van der Waals surface area contributed by atoms with Gasteiger partial charge in [0.15, 0.2) is 17.6 Å². The van der Waals surface area contributed by atoms with Gasteiger partial charge in [-0.3, -0.25) is 4.79 Å². The van der Waals surface area contributed by atoms with E-state index in [9.17, 15) is 4.79 Å². The van der Waals surface area contributed by atoms with E-state index in [0.717, 1.165) is 30.8 Å². The molecule has 154 valence electrons. The van der Waals surface area contributed by atoms with Crippen molar-refractivity contribution in [2.45, 2.75) is 12.8 Å². The monoisotopic (exact) mass is 404 g/mol. The average molecular weight is 404 g/mol. The molecule has 0 unspecified atom stereocenters. The number of aliphatic imine (C=N–C) groups is 1. The molecule has 0 amide bonds. The summed E-state index contributed by atoms with van der Waals surface area (Å²) >= 11 is 0. The molecule has 1 saturated heterocycles. The number of nitrogens with zero attached hydrogens (tertiary/aromatic N) is 3. The van der Waals surface area contributed by atoms with Crippen LogP contribution in [-0.4, -0.2) is 48.1 Å². The number of carbonyl (C=O) groups is 1. The number of hydrogen-bond acceptors (Lipinski definition) is 5. The number of morpholine rings is 1. The smallest absolute Gasteiger partial charge is 0.198 e. The molecule has 1 aliphatic rings. The molecule has 2 N–H and O–H groups in total. The van der Waals surface area contributed by atoms with Crippen LogP contribution in [0.1, 0.15) is 27.2 Å². The molecule has 0 spiro atoms. The van der Waals surface area contributed by atoms with E-state index in [0.29, 0.717) is 42.5 Å². The molecule has 1 aromatic heterocycles. The molecule has 2 aromatic carbocycles. The van der Waals surface area contributed by atoms with Gasteiger partial charge in [-0.15, -0.1) is 0 Å². The van der Waals surface area contributed by atoms with Crippen LogP contribution in [0.4, 0.5) is 5.82 Å². The molecule has 1 fully saturated rings. The van der Waals surface area contributed by atoms with Crippen molar-refractivity contribution in [3.63, 3.8) is 0 Å². The molecule has 3 aromatic rings. The highest BCUT2D eigenvalue weighted by molar-refractivity contribution is 6.09. The van der Waals surface area contributed by atoms with Crippen molar-refractivity contribution in [2.24, 2.45) is 10.7 Å². The number of aromatic nitrogens is 1. The van der Waals surface area contributed by atoms with E-state index in [-0.39, 0.29) is 5.78 Å². The standard InChI is InChI=1S/C23H24N4O3/c24-23(27-11-13-29-14-12-27)25-21-16-20(30-26-21)10-9-17-5-4-8-19(15-17)22(28)18-6-2-1-3-7-18/h1-8,15-16H,9-14H2,(H2,24,25,26). The van der Waals surface area contributed by atoms with E-state index in [1.54, 1.807) is 6.07 Å². The van der Waals surface area contributed by atoms with E-state index < -0.39 is 0 Å². The van der Waals surface area contributed by atoms with Gasteiger partial charge in [0, 0.05) is 36.7 Å². The Hall–Kier alpha value is -3.45. The molecule has 30 heavy (non-hydrogen) atoms. The molecule has 7 nitrogen and oxygen atoms in total. The van der Waals surface area contributed by atoms with Crippen molar-refractivity contribution in [3.05, 3.63) is 83.1 Å². The summed E-state index contributed by atoms with van der Waals surface area (Å²) in [7, 11) is 0. The summed E-state index contributed by atoms with van der Waals surface area (Å²) in [5.74, 6) is 1.63. The van der Waals surface area contributed by atoms with Crippen LogP contribution in [0.25, 0.3) is 0 Å². The Morgan fingerprint density at radius 2 is 1.77 bits per heavy atom. The molecular formula is C23H24N4O3. The lowest BCUT2D eigenvalue weighted by molar-refractivity contribution is 0.0675. The van der Waals surface area contributed by atoms with Gasteiger partial charge in [0.2, 0.25) is 0 Å². The van der Waals surface area contributed by atoms with Gasteiger partial charge in [0.25, 0.3) is 0 Å². The Kier molecular flexibility index (Phi) is 6.20. The van der Waals surface area contributed by atoms with Gasteiger partial charge in [-0.05, 0) is 18.1 Å². The Morgan fingerprint density at radius 3 is 2.57 bits per heavy atom. The predicted molar refractivity (Wildman–Crippen MR) is 114 cm³/mol.